The number of hydrogen-bond acceptors (Lipinski definition) is 3. The molecule has 38 heavy (non-hydrogen) atoms. The van der Waals surface area contributed by atoms with Crippen LogP contribution in [-0.4, -0.2) is 43.3 Å². The van der Waals surface area contributed by atoms with Gasteiger partial charge in [0.1, 0.15) is 6.10 Å². The lowest BCUT2D eigenvalue weighted by atomic mass is 9.47. The van der Waals surface area contributed by atoms with Crippen LogP contribution in [0.3, 0.4) is 0 Å². The average molecular weight is 529 g/mol. The van der Waals surface area contributed by atoms with Gasteiger partial charge >= 0.3 is 6.09 Å². The van der Waals surface area contributed by atoms with E-state index in [2.05, 4.69) is 64.8 Å². The van der Waals surface area contributed by atoms with Crippen LogP contribution in [-0.2, 0) is 4.74 Å². The summed E-state index contributed by atoms with van der Waals surface area (Å²) in [5.41, 5.74) is 2.46. The quantitative estimate of drug-likeness (QED) is 0.273. The van der Waals surface area contributed by atoms with Crippen molar-refractivity contribution < 1.29 is 9.53 Å². The molecule has 4 rings (SSSR count). The molecule has 0 heterocycles. The normalized spacial score (nSPS) is 37.3. The minimum atomic E-state index is -0.229. The third-order valence-corrected chi connectivity index (χ3v) is 12.1. The number of carbonyl (C=O) groups excluding carboxylic acids is 1. The van der Waals surface area contributed by atoms with Crippen molar-refractivity contribution >= 4 is 6.09 Å². The van der Waals surface area contributed by atoms with Gasteiger partial charge in [0, 0.05) is 19.5 Å². The molecule has 4 heteroatoms. The van der Waals surface area contributed by atoms with E-state index in [0.717, 1.165) is 68.0 Å². The molecule has 4 nitrogen and oxygen atoms in total. The van der Waals surface area contributed by atoms with E-state index < -0.39 is 0 Å². The fourth-order valence-corrected chi connectivity index (χ4v) is 9.80. The zero-order chi connectivity index (χ0) is 27.5. The fourth-order valence-electron chi connectivity index (χ4n) is 9.80. The highest BCUT2D eigenvalue weighted by Gasteiger charge is 2.59. The first-order valence-corrected chi connectivity index (χ1v) is 16.5. The molecule has 0 aromatic rings. The Hall–Kier alpha value is -1.03. The molecule has 3 saturated carbocycles. The number of rotatable bonds is 11. The van der Waals surface area contributed by atoms with Gasteiger partial charge in [-0.25, -0.2) is 4.79 Å². The number of nitrogens with zero attached hydrogens (tertiary/aromatic N) is 1. The molecule has 0 bridgehead atoms. The number of allylic oxidation sites excluding steroid dienone is 1. The Morgan fingerprint density at radius 2 is 1.82 bits per heavy atom. The summed E-state index contributed by atoms with van der Waals surface area (Å²) in [5, 5.41) is 2.99. The third kappa shape index (κ3) is 6.16. The minimum absolute atomic E-state index is 0.0377. The van der Waals surface area contributed by atoms with E-state index in [4.69, 9.17) is 4.74 Å². The number of likely N-dealkylation sites (N-methyl/N-ethyl adjacent to an activating group) is 1. The molecule has 1 amide bonds. The highest BCUT2D eigenvalue weighted by Crippen LogP contribution is 2.67. The summed E-state index contributed by atoms with van der Waals surface area (Å²) >= 11 is 0. The average Bonchev–Trinajstić information content (AvgIpc) is 3.24. The minimum Gasteiger partial charge on any atom is -0.446 e. The first-order valence-electron chi connectivity index (χ1n) is 16.5. The molecule has 0 aliphatic heterocycles. The van der Waals surface area contributed by atoms with Crippen LogP contribution >= 0.6 is 0 Å². The summed E-state index contributed by atoms with van der Waals surface area (Å²) in [6.07, 6.45) is 16.8. The van der Waals surface area contributed by atoms with E-state index in [-0.39, 0.29) is 12.2 Å². The maximum atomic E-state index is 12.5. The van der Waals surface area contributed by atoms with Crippen LogP contribution in [0.4, 0.5) is 4.79 Å². The zero-order valence-corrected chi connectivity index (χ0v) is 26.0. The second-order valence-corrected chi connectivity index (χ2v) is 14.5. The second kappa shape index (κ2) is 12.6. The third-order valence-electron chi connectivity index (χ3n) is 12.1. The number of fused-ring (bicyclic) bond motifs is 5. The SMILES string of the molecule is CCN(CC)CCNC(=O)O[C@H]1CC[C@@]2(C)C(=CC[C@H]3[C@@H]4CC[C@H]([C@H](C)CCCC(C)C)[C@@]4(C)CC[C@@H]32)C1. The van der Waals surface area contributed by atoms with Crippen LogP contribution in [0.2, 0.25) is 0 Å². The van der Waals surface area contributed by atoms with Crippen molar-refractivity contribution in [3.8, 4) is 0 Å². The van der Waals surface area contributed by atoms with E-state index in [1.54, 1.807) is 5.57 Å². The Morgan fingerprint density at radius 1 is 1.05 bits per heavy atom. The Bertz CT molecular complexity index is 819. The molecule has 0 saturated heterocycles. The van der Waals surface area contributed by atoms with Gasteiger partial charge in [-0.15, -0.1) is 0 Å². The standard InChI is InChI=1S/C34H60N2O2/c1-8-36(9-2)22-21-35-32(37)38-27-17-19-33(6)26(23-27)13-14-28-30-16-15-29(25(5)12-10-11-24(3)4)34(30,7)20-18-31(28)33/h13,24-25,27-31H,8-12,14-23H2,1-7H3,(H,35,37)/t25-,27+,28+,29-,30+,31+,33+,34-/m1/s1. The van der Waals surface area contributed by atoms with Gasteiger partial charge in [0.25, 0.3) is 0 Å². The van der Waals surface area contributed by atoms with Gasteiger partial charge in [0.15, 0.2) is 0 Å². The second-order valence-electron chi connectivity index (χ2n) is 14.5. The van der Waals surface area contributed by atoms with Gasteiger partial charge in [0.2, 0.25) is 0 Å². The molecule has 0 radical (unpaired) electrons. The van der Waals surface area contributed by atoms with Crippen molar-refractivity contribution in [2.45, 2.75) is 125 Å². The Morgan fingerprint density at radius 3 is 2.53 bits per heavy atom. The highest BCUT2D eigenvalue weighted by molar-refractivity contribution is 5.67. The number of nitrogens with one attached hydrogen (secondary N) is 1. The lowest BCUT2D eigenvalue weighted by Crippen LogP contribution is -2.51. The molecule has 218 valence electrons. The smallest absolute Gasteiger partial charge is 0.407 e. The van der Waals surface area contributed by atoms with Crippen molar-refractivity contribution in [2.75, 3.05) is 26.2 Å². The van der Waals surface area contributed by atoms with Gasteiger partial charge in [-0.1, -0.05) is 79.4 Å². The summed E-state index contributed by atoms with van der Waals surface area (Å²) < 4.78 is 5.93. The first kappa shape index (κ1) is 29.9. The lowest BCUT2D eigenvalue weighted by Gasteiger charge is -2.58. The van der Waals surface area contributed by atoms with Crippen molar-refractivity contribution in [1.82, 2.24) is 10.2 Å². The summed E-state index contributed by atoms with van der Waals surface area (Å²) in [6.45, 7) is 20.5. The van der Waals surface area contributed by atoms with E-state index in [9.17, 15) is 4.79 Å². The Balaban J connectivity index is 1.34. The fraction of sp³-hybridized carbons (Fsp3) is 0.912. The van der Waals surface area contributed by atoms with E-state index in [1.807, 2.05) is 0 Å². The molecule has 8 atom stereocenters. The molecule has 0 unspecified atom stereocenters. The van der Waals surface area contributed by atoms with Gasteiger partial charge in [-0.05, 0) is 104 Å². The summed E-state index contributed by atoms with van der Waals surface area (Å²) in [6, 6.07) is 0. The van der Waals surface area contributed by atoms with E-state index >= 15 is 0 Å². The number of alkyl carbamates (subject to hydrolysis) is 1. The van der Waals surface area contributed by atoms with Crippen LogP contribution in [0.15, 0.2) is 11.6 Å². The van der Waals surface area contributed by atoms with E-state index in [0.29, 0.717) is 17.4 Å². The largest absolute Gasteiger partial charge is 0.446 e. The molecule has 3 fully saturated rings. The number of hydrogen-bond donors (Lipinski definition) is 1. The predicted octanol–water partition coefficient (Wildman–Crippen LogP) is 8.46. The maximum Gasteiger partial charge on any atom is 0.407 e. The number of carbonyl (C=O) groups is 1. The first-order chi connectivity index (χ1) is 18.1. The molecule has 4 aliphatic rings. The van der Waals surface area contributed by atoms with Crippen molar-refractivity contribution in [2.24, 2.45) is 46.3 Å². The van der Waals surface area contributed by atoms with Gasteiger partial charge in [0.05, 0.1) is 0 Å². The number of ether oxygens (including phenoxy) is 1. The predicted molar refractivity (Wildman–Crippen MR) is 159 cm³/mol. The summed E-state index contributed by atoms with van der Waals surface area (Å²) in [4.78, 5) is 14.8. The van der Waals surface area contributed by atoms with Crippen molar-refractivity contribution in [3.63, 3.8) is 0 Å². The van der Waals surface area contributed by atoms with Crippen LogP contribution in [0, 0.1) is 46.3 Å². The monoisotopic (exact) mass is 528 g/mol. The molecule has 1 N–H and O–H groups in total. The van der Waals surface area contributed by atoms with Gasteiger partial charge < -0.3 is 15.0 Å². The van der Waals surface area contributed by atoms with Crippen molar-refractivity contribution in [3.05, 3.63) is 11.6 Å². The topological polar surface area (TPSA) is 41.6 Å². The molecule has 0 aromatic heterocycles. The van der Waals surface area contributed by atoms with Crippen molar-refractivity contribution in [1.29, 1.82) is 0 Å². The molecule has 4 aliphatic carbocycles. The number of amides is 1. The molecule has 0 aromatic carbocycles. The molecular weight excluding hydrogens is 468 g/mol. The summed E-state index contributed by atoms with van der Waals surface area (Å²) in [7, 11) is 0. The highest BCUT2D eigenvalue weighted by atomic mass is 16.6. The molecule has 0 spiro atoms. The van der Waals surface area contributed by atoms with E-state index in [1.165, 1.54) is 57.8 Å². The van der Waals surface area contributed by atoms with Crippen LogP contribution in [0.25, 0.3) is 0 Å². The maximum absolute atomic E-state index is 12.5. The molecular formula is C34H60N2O2. The van der Waals surface area contributed by atoms with Crippen LogP contribution in [0.5, 0.6) is 0 Å². The summed E-state index contributed by atoms with van der Waals surface area (Å²) in [5.74, 6) is 5.20. The Kier molecular flexibility index (Phi) is 9.97. The van der Waals surface area contributed by atoms with Gasteiger partial charge in [-0.2, -0.15) is 0 Å². The Labute approximate surface area is 235 Å². The lowest BCUT2D eigenvalue weighted by molar-refractivity contribution is -0.0581. The van der Waals surface area contributed by atoms with Crippen LogP contribution in [0.1, 0.15) is 119 Å². The van der Waals surface area contributed by atoms with Gasteiger partial charge in [-0.3, -0.25) is 0 Å². The zero-order valence-electron chi connectivity index (χ0n) is 26.0. The van der Waals surface area contributed by atoms with Crippen LogP contribution < -0.4 is 5.32 Å².